The second-order valence-corrected chi connectivity index (χ2v) is 8.74. The van der Waals surface area contributed by atoms with Gasteiger partial charge in [0.1, 0.15) is 6.04 Å². The first-order valence-corrected chi connectivity index (χ1v) is 9.99. The molecular formula is C20H30Cl2N4OS. The first-order chi connectivity index (χ1) is 12.3. The number of hydrogen-bond donors (Lipinski definition) is 1. The summed E-state index contributed by atoms with van der Waals surface area (Å²) in [5.41, 5.74) is 8.25. The van der Waals surface area contributed by atoms with Crippen molar-refractivity contribution >= 4 is 42.1 Å². The molecule has 1 aromatic heterocycles. The van der Waals surface area contributed by atoms with Crippen LogP contribution < -0.4 is 5.73 Å². The molecule has 1 aliphatic heterocycles. The Morgan fingerprint density at radius 3 is 2.29 bits per heavy atom. The van der Waals surface area contributed by atoms with Crippen LogP contribution in [0.3, 0.4) is 0 Å². The van der Waals surface area contributed by atoms with Crippen LogP contribution in [-0.2, 0) is 16.8 Å². The van der Waals surface area contributed by atoms with Crippen molar-refractivity contribution in [2.24, 2.45) is 5.73 Å². The lowest BCUT2D eigenvalue weighted by molar-refractivity contribution is -0.134. The number of hydrogen-bond acceptors (Lipinski definition) is 5. The average Bonchev–Trinajstić information content (AvgIpc) is 3.11. The molecule has 1 fully saturated rings. The van der Waals surface area contributed by atoms with E-state index in [4.69, 9.17) is 10.7 Å². The van der Waals surface area contributed by atoms with E-state index in [-0.39, 0.29) is 36.1 Å². The molecule has 0 saturated carbocycles. The lowest BCUT2D eigenvalue weighted by Gasteiger charge is -2.35. The Kier molecular flexibility index (Phi) is 9.37. The van der Waals surface area contributed by atoms with E-state index in [1.807, 2.05) is 35.2 Å². The zero-order chi connectivity index (χ0) is 18.7. The molecule has 3 rings (SSSR count). The van der Waals surface area contributed by atoms with Crippen molar-refractivity contribution in [3.63, 3.8) is 0 Å². The molecule has 2 aromatic rings. The Balaban J connectivity index is 0.00000196. The van der Waals surface area contributed by atoms with Gasteiger partial charge in [-0.05, 0) is 5.56 Å². The van der Waals surface area contributed by atoms with Crippen molar-refractivity contribution < 1.29 is 4.79 Å². The Morgan fingerprint density at radius 1 is 1.14 bits per heavy atom. The van der Waals surface area contributed by atoms with Gasteiger partial charge in [-0.1, -0.05) is 51.1 Å². The number of nitrogens with two attached hydrogens (primary N) is 1. The lowest BCUT2D eigenvalue weighted by Crippen LogP contribution is -2.50. The van der Waals surface area contributed by atoms with Gasteiger partial charge in [0.25, 0.3) is 0 Å². The second kappa shape index (κ2) is 10.6. The number of carbonyl (C=O) groups is 1. The second-order valence-electron chi connectivity index (χ2n) is 7.88. The van der Waals surface area contributed by atoms with Crippen LogP contribution >= 0.6 is 36.2 Å². The molecule has 0 radical (unpaired) electrons. The highest BCUT2D eigenvalue weighted by atomic mass is 35.5. The minimum Gasteiger partial charge on any atom is -0.338 e. The standard InChI is InChI=1S/C20H28N4OS.2ClH/c1-20(2,3)19-22-16(14-26-19)13-23-9-11-24(12-10-23)18(25)17(21)15-7-5-4-6-8-15;;/h4-8,14,17H,9-13,21H2,1-3H3;2*1H. The molecule has 2 N–H and O–H groups in total. The first-order valence-electron chi connectivity index (χ1n) is 9.11. The van der Waals surface area contributed by atoms with Crippen molar-refractivity contribution in [3.8, 4) is 0 Å². The van der Waals surface area contributed by atoms with Crippen LogP contribution in [0.1, 0.15) is 43.1 Å². The summed E-state index contributed by atoms with van der Waals surface area (Å²) in [5.74, 6) is 0.0135. The van der Waals surface area contributed by atoms with Crippen LogP contribution in [0.2, 0.25) is 0 Å². The van der Waals surface area contributed by atoms with Gasteiger partial charge in [-0.2, -0.15) is 0 Å². The minimum atomic E-state index is -0.573. The number of thiazole rings is 1. The number of nitrogens with zero attached hydrogens (tertiary/aromatic N) is 3. The summed E-state index contributed by atoms with van der Waals surface area (Å²) < 4.78 is 0. The molecule has 28 heavy (non-hydrogen) atoms. The Morgan fingerprint density at radius 2 is 1.75 bits per heavy atom. The fourth-order valence-corrected chi connectivity index (χ4v) is 3.98. The average molecular weight is 445 g/mol. The largest absolute Gasteiger partial charge is 0.338 e. The van der Waals surface area contributed by atoms with E-state index in [1.54, 1.807) is 11.3 Å². The SMILES string of the molecule is CC(C)(C)c1nc(CN2CCN(C(=O)C(N)c3ccccc3)CC2)cs1.Cl.Cl. The van der Waals surface area contributed by atoms with E-state index >= 15 is 0 Å². The molecule has 8 heteroatoms. The number of rotatable bonds is 4. The summed E-state index contributed by atoms with van der Waals surface area (Å²) in [4.78, 5) is 21.7. The highest BCUT2D eigenvalue weighted by molar-refractivity contribution is 7.09. The molecule has 1 unspecified atom stereocenters. The van der Waals surface area contributed by atoms with Crippen molar-refractivity contribution in [1.29, 1.82) is 0 Å². The van der Waals surface area contributed by atoms with Gasteiger partial charge in [-0.25, -0.2) is 4.98 Å². The fraction of sp³-hybridized carbons (Fsp3) is 0.500. The van der Waals surface area contributed by atoms with Crippen LogP contribution in [0.4, 0.5) is 0 Å². The minimum absolute atomic E-state index is 0. The van der Waals surface area contributed by atoms with Gasteiger partial charge in [-0.3, -0.25) is 9.69 Å². The van der Waals surface area contributed by atoms with E-state index in [2.05, 4.69) is 31.1 Å². The van der Waals surface area contributed by atoms with Crippen molar-refractivity contribution in [2.45, 2.75) is 38.8 Å². The number of halogens is 2. The third-order valence-electron chi connectivity index (χ3n) is 4.69. The van der Waals surface area contributed by atoms with Crippen LogP contribution in [0.15, 0.2) is 35.7 Å². The van der Waals surface area contributed by atoms with Crippen LogP contribution in [-0.4, -0.2) is 46.9 Å². The predicted octanol–water partition coefficient (Wildman–Crippen LogP) is 3.63. The van der Waals surface area contributed by atoms with Gasteiger partial charge >= 0.3 is 0 Å². The molecule has 0 bridgehead atoms. The molecule has 0 spiro atoms. The number of aromatic nitrogens is 1. The maximum absolute atomic E-state index is 12.6. The Bertz CT molecular complexity index is 740. The van der Waals surface area contributed by atoms with Crippen LogP contribution in [0.25, 0.3) is 0 Å². The molecule has 1 amide bonds. The van der Waals surface area contributed by atoms with Crippen molar-refractivity contribution in [3.05, 3.63) is 52.0 Å². The highest BCUT2D eigenvalue weighted by Gasteiger charge is 2.26. The molecule has 5 nitrogen and oxygen atoms in total. The number of benzene rings is 1. The van der Waals surface area contributed by atoms with Crippen molar-refractivity contribution in [2.75, 3.05) is 26.2 Å². The molecule has 1 aliphatic rings. The summed E-state index contributed by atoms with van der Waals surface area (Å²) in [6.07, 6.45) is 0. The van der Waals surface area contributed by atoms with Gasteiger partial charge in [-0.15, -0.1) is 36.2 Å². The predicted molar refractivity (Wildman–Crippen MR) is 121 cm³/mol. The van der Waals surface area contributed by atoms with Gasteiger partial charge in [0.2, 0.25) is 5.91 Å². The summed E-state index contributed by atoms with van der Waals surface area (Å²) in [7, 11) is 0. The van der Waals surface area contributed by atoms with E-state index in [1.165, 1.54) is 5.01 Å². The van der Waals surface area contributed by atoms with Gasteiger partial charge in [0.15, 0.2) is 0 Å². The molecule has 1 aromatic carbocycles. The Hall–Kier alpha value is -1.18. The van der Waals surface area contributed by atoms with Gasteiger partial charge in [0.05, 0.1) is 10.7 Å². The van der Waals surface area contributed by atoms with Gasteiger partial charge < -0.3 is 10.6 Å². The monoisotopic (exact) mass is 444 g/mol. The van der Waals surface area contributed by atoms with E-state index in [0.29, 0.717) is 0 Å². The Labute approximate surface area is 184 Å². The molecular weight excluding hydrogens is 415 g/mol. The number of piperazine rings is 1. The van der Waals surface area contributed by atoms with E-state index in [9.17, 15) is 4.79 Å². The lowest BCUT2D eigenvalue weighted by atomic mass is 9.98. The van der Waals surface area contributed by atoms with Crippen molar-refractivity contribution in [1.82, 2.24) is 14.8 Å². The fourth-order valence-electron chi connectivity index (χ4n) is 3.08. The molecule has 156 valence electrons. The maximum Gasteiger partial charge on any atom is 0.244 e. The smallest absolute Gasteiger partial charge is 0.244 e. The third kappa shape index (κ3) is 6.16. The quantitative estimate of drug-likeness (QED) is 0.781. The number of carbonyl (C=O) groups excluding carboxylic acids is 1. The molecule has 2 heterocycles. The normalized spacial score (nSPS) is 16.1. The summed E-state index contributed by atoms with van der Waals surface area (Å²) >= 11 is 1.73. The molecule has 1 atom stereocenters. The highest BCUT2D eigenvalue weighted by Crippen LogP contribution is 2.26. The summed E-state index contributed by atoms with van der Waals surface area (Å²) in [6.45, 7) is 10.6. The number of amides is 1. The van der Waals surface area contributed by atoms with Gasteiger partial charge in [0, 0.05) is 43.5 Å². The molecule has 0 aliphatic carbocycles. The summed E-state index contributed by atoms with van der Waals surface area (Å²) in [6, 6.07) is 9.01. The topological polar surface area (TPSA) is 62.5 Å². The maximum atomic E-state index is 12.6. The summed E-state index contributed by atoms with van der Waals surface area (Å²) in [5, 5.41) is 3.33. The van der Waals surface area contributed by atoms with Crippen LogP contribution in [0, 0.1) is 0 Å². The zero-order valence-corrected chi connectivity index (χ0v) is 19.1. The van der Waals surface area contributed by atoms with E-state index < -0.39 is 6.04 Å². The first kappa shape index (κ1) is 24.9. The van der Waals surface area contributed by atoms with Crippen LogP contribution in [0.5, 0.6) is 0 Å². The van der Waals surface area contributed by atoms with E-state index in [0.717, 1.165) is 44.0 Å². The zero-order valence-electron chi connectivity index (χ0n) is 16.6. The third-order valence-corrected chi connectivity index (χ3v) is 6.00. The molecule has 1 saturated heterocycles.